The van der Waals surface area contributed by atoms with Crippen LogP contribution < -0.4 is 0 Å². The van der Waals surface area contributed by atoms with Gasteiger partial charge in [0.15, 0.2) is 5.78 Å². The molecule has 5 atom stereocenters. The second-order valence-electron chi connectivity index (χ2n) is 11.3. The summed E-state index contributed by atoms with van der Waals surface area (Å²) in [5.74, 6) is 5.38. The third kappa shape index (κ3) is 4.59. The molecule has 0 aromatic rings. The number of allylic oxidation sites excluding steroid dienone is 1. The Morgan fingerprint density at radius 3 is 2.48 bits per heavy atom. The minimum Gasteiger partial charge on any atom is -0.299 e. The molecular weight excluding hydrogens is 400 g/mol. The number of thioether (sulfide) groups is 1. The summed E-state index contributed by atoms with van der Waals surface area (Å²) < 4.78 is 0. The molecule has 0 saturated heterocycles. The molecule has 4 aliphatic carbocycles. The summed E-state index contributed by atoms with van der Waals surface area (Å²) in [6.45, 7) is 4.56. The zero-order valence-electron chi connectivity index (χ0n) is 20.1. The van der Waals surface area contributed by atoms with Crippen molar-refractivity contribution in [1.82, 2.24) is 0 Å². The maximum Gasteiger partial charge on any atom is 0.155 e. The number of carbonyl (C=O) groups excluding carboxylic acids is 2. The van der Waals surface area contributed by atoms with Gasteiger partial charge in [0, 0.05) is 29.4 Å². The van der Waals surface area contributed by atoms with Crippen LogP contribution in [0.1, 0.15) is 110 Å². The maximum atomic E-state index is 12.7. The van der Waals surface area contributed by atoms with E-state index >= 15 is 0 Å². The molecule has 0 bridgehead atoms. The second kappa shape index (κ2) is 10.1. The Kier molecular flexibility index (Phi) is 7.72. The van der Waals surface area contributed by atoms with E-state index < -0.39 is 0 Å². The summed E-state index contributed by atoms with van der Waals surface area (Å²) in [5, 5.41) is 0. The number of hydrogen-bond acceptors (Lipinski definition) is 3. The highest BCUT2D eigenvalue weighted by atomic mass is 32.2. The molecule has 174 valence electrons. The van der Waals surface area contributed by atoms with E-state index in [2.05, 4.69) is 31.7 Å². The average molecular weight is 445 g/mol. The van der Waals surface area contributed by atoms with E-state index in [9.17, 15) is 9.59 Å². The standard InChI is InChI=1S/C28H44O2S/c1-3-4-5-6-7-8-9-18-31-20-28-17-14-22(29)19-21(28)10-11-23-24-12-13-26(30)27(24,2)16-15-25(23)28/h19,23-25H,3-18,20H2,1-2H3/t23-,24-,25-,27-,28+/m0/s1. The van der Waals surface area contributed by atoms with Crippen LogP contribution in [0.15, 0.2) is 11.6 Å². The van der Waals surface area contributed by atoms with Gasteiger partial charge in [0.1, 0.15) is 5.78 Å². The first-order valence-corrected chi connectivity index (χ1v) is 14.5. The monoisotopic (exact) mass is 444 g/mol. The molecule has 0 N–H and O–H groups in total. The van der Waals surface area contributed by atoms with E-state index in [1.807, 2.05) is 0 Å². The summed E-state index contributed by atoms with van der Waals surface area (Å²) in [7, 11) is 0. The Hall–Kier alpha value is -0.570. The zero-order valence-corrected chi connectivity index (χ0v) is 20.9. The molecule has 0 aromatic carbocycles. The highest BCUT2D eigenvalue weighted by Crippen LogP contribution is 2.65. The van der Waals surface area contributed by atoms with Crippen LogP contribution in [0, 0.1) is 28.6 Å². The summed E-state index contributed by atoms with van der Waals surface area (Å²) in [6, 6.07) is 0. The van der Waals surface area contributed by atoms with Crippen molar-refractivity contribution in [3.63, 3.8) is 0 Å². The lowest BCUT2D eigenvalue weighted by Crippen LogP contribution is -2.52. The molecule has 0 unspecified atom stereocenters. The normalized spacial score (nSPS) is 37.2. The number of Topliss-reactive ketones (excluding diaryl/α,β-unsaturated/α-hetero) is 1. The molecule has 0 spiro atoms. The molecule has 3 fully saturated rings. The number of hydrogen-bond donors (Lipinski definition) is 0. The van der Waals surface area contributed by atoms with E-state index in [0.717, 1.165) is 38.5 Å². The highest BCUT2D eigenvalue weighted by molar-refractivity contribution is 7.99. The van der Waals surface area contributed by atoms with Crippen molar-refractivity contribution in [2.75, 3.05) is 11.5 Å². The van der Waals surface area contributed by atoms with E-state index in [4.69, 9.17) is 0 Å². The van der Waals surface area contributed by atoms with Gasteiger partial charge in [0.25, 0.3) is 0 Å². The van der Waals surface area contributed by atoms with Crippen molar-refractivity contribution in [1.29, 1.82) is 0 Å². The van der Waals surface area contributed by atoms with Crippen LogP contribution in [0.4, 0.5) is 0 Å². The van der Waals surface area contributed by atoms with Gasteiger partial charge in [-0.2, -0.15) is 11.8 Å². The minimum atomic E-state index is -0.0427. The quantitative estimate of drug-likeness (QED) is 0.326. The van der Waals surface area contributed by atoms with Crippen LogP contribution >= 0.6 is 11.8 Å². The van der Waals surface area contributed by atoms with Gasteiger partial charge in [-0.3, -0.25) is 9.59 Å². The van der Waals surface area contributed by atoms with Crippen molar-refractivity contribution < 1.29 is 9.59 Å². The van der Waals surface area contributed by atoms with Gasteiger partial charge < -0.3 is 0 Å². The molecule has 0 aromatic heterocycles. The Labute approximate surface area is 194 Å². The lowest BCUT2D eigenvalue weighted by Gasteiger charge is -2.58. The van der Waals surface area contributed by atoms with Crippen LogP contribution in [0.5, 0.6) is 0 Å². The molecule has 4 aliphatic rings. The van der Waals surface area contributed by atoms with Gasteiger partial charge >= 0.3 is 0 Å². The molecule has 4 rings (SSSR count). The van der Waals surface area contributed by atoms with E-state index in [-0.39, 0.29) is 10.8 Å². The molecule has 0 amide bonds. The first-order valence-electron chi connectivity index (χ1n) is 13.4. The number of fused-ring (bicyclic) bond motifs is 5. The second-order valence-corrected chi connectivity index (χ2v) is 12.4. The van der Waals surface area contributed by atoms with Crippen molar-refractivity contribution in [3.8, 4) is 0 Å². The fourth-order valence-corrected chi connectivity index (χ4v) is 9.28. The summed E-state index contributed by atoms with van der Waals surface area (Å²) in [4.78, 5) is 25.0. The predicted molar refractivity (Wildman–Crippen MR) is 131 cm³/mol. The van der Waals surface area contributed by atoms with Crippen molar-refractivity contribution in [2.45, 2.75) is 110 Å². The van der Waals surface area contributed by atoms with Crippen LogP contribution in [0.25, 0.3) is 0 Å². The van der Waals surface area contributed by atoms with Gasteiger partial charge in [-0.25, -0.2) is 0 Å². The lowest BCUT2D eigenvalue weighted by atomic mass is 9.47. The van der Waals surface area contributed by atoms with Crippen LogP contribution in [-0.2, 0) is 9.59 Å². The van der Waals surface area contributed by atoms with E-state index in [0.29, 0.717) is 29.3 Å². The molecule has 0 radical (unpaired) electrons. The van der Waals surface area contributed by atoms with E-state index in [1.165, 1.54) is 74.9 Å². The molecule has 3 heteroatoms. The molecule has 0 heterocycles. The Morgan fingerprint density at radius 1 is 0.903 bits per heavy atom. The first-order chi connectivity index (χ1) is 15.0. The SMILES string of the molecule is CCCCCCCCCSC[C@]12CCC(=O)C=C1CC[C@@H]1[C@@H]2CC[C@]2(C)C(=O)CC[C@@H]12. The molecule has 3 saturated carbocycles. The molecule has 0 aliphatic heterocycles. The molecular formula is C28H44O2S. The van der Waals surface area contributed by atoms with Gasteiger partial charge in [0.2, 0.25) is 0 Å². The van der Waals surface area contributed by atoms with Gasteiger partial charge in [0.05, 0.1) is 0 Å². The van der Waals surface area contributed by atoms with Crippen molar-refractivity contribution in [3.05, 3.63) is 11.6 Å². The Balaban J connectivity index is 1.39. The summed E-state index contributed by atoms with van der Waals surface area (Å²) >= 11 is 2.17. The van der Waals surface area contributed by atoms with Crippen LogP contribution in [0.2, 0.25) is 0 Å². The Bertz CT molecular complexity index is 697. The minimum absolute atomic E-state index is 0.0427. The number of rotatable bonds is 10. The molecule has 31 heavy (non-hydrogen) atoms. The maximum absolute atomic E-state index is 12.7. The summed E-state index contributed by atoms with van der Waals surface area (Å²) in [6.07, 6.45) is 20.0. The van der Waals surface area contributed by atoms with Crippen LogP contribution in [-0.4, -0.2) is 23.1 Å². The van der Waals surface area contributed by atoms with Gasteiger partial charge in [-0.05, 0) is 74.5 Å². The third-order valence-electron chi connectivity index (χ3n) is 9.65. The lowest BCUT2D eigenvalue weighted by molar-refractivity contribution is -0.132. The number of unbranched alkanes of at least 4 members (excludes halogenated alkanes) is 6. The number of carbonyl (C=O) groups is 2. The molecule has 2 nitrogen and oxygen atoms in total. The van der Waals surface area contributed by atoms with E-state index in [1.54, 1.807) is 0 Å². The van der Waals surface area contributed by atoms with Gasteiger partial charge in [-0.15, -0.1) is 0 Å². The third-order valence-corrected chi connectivity index (χ3v) is 10.9. The van der Waals surface area contributed by atoms with Crippen molar-refractivity contribution in [2.24, 2.45) is 28.6 Å². The largest absolute Gasteiger partial charge is 0.299 e. The fraction of sp³-hybridized carbons (Fsp3) is 0.857. The zero-order chi connectivity index (χ0) is 21.9. The first kappa shape index (κ1) is 23.6. The summed E-state index contributed by atoms with van der Waals surface area (Å²) in [5.41, 5.74) is 1.69. The highest BCUT2D eigenvalue weighted by Gasteiger charge is 2.60. The Morgan fingerprint density at radius 2 is 1.68 bits per heavy atom. The number of ketones is 2. The fourth-order valence-electron chi connectivity index (χ4n) is 7.82. The average Bonchev–Trinajstić information content (AvgIpc) is 3.07. The van der Waals surface area contributed by atoms with Crippen molar-refractivity contribution >= 4 is 23.3 Å². The predicted octanol–water partition coefficient (Wildman–Crippen LogP) is 7.55. The van der Waals surface area contributed by atoms with Crippen LogP contribution in [0.3, 0.4) is 0 Å². The smallest absolute Gasteiger partial charge is 0.155 e. The topological polar surface area (TPSA) is 34.1 Å². The van der Waals surface area contributed by atoms with Gasteiger partial charge in [-0.1, -0.05) is 57.9 Å².